The molecule has 0 aliphatic heterocycles. The number of carbonyl (C=O) groups is 1. The molecule has 25 heavy (non-hydrogen) atoms. The van der Waals surface area contributed by atoms with E-state index in [0.29, 0.717) is 19.6 Å². The predicted molar refractivity (Wildman–Crippen MR) is 96.7 cm³/mol. The van der Waals surface area contributed by atoms with Gasteiger partial charge in [0.15, 0.2) is 6.29 Å². The Morgan fingerprint density at radius 3 is 1.88 bits per heavy atom. The summed E-state index contributed by atoms with van der Waals surface area (Å²) in [7, 11) is 0. The van der Waals surface area contributed by atoms with Gasteiger partial charge in [0.1, 0.15) is 6.61 Å². The summed E-state index contributed by atoms with van der Waals surface area (Å²) in [4.78, 5) is 11.7. The topological polar surface area (TPSA) is 44.8 Å². The quantitative estimate of drug-likeness (QED) is 0.446. The van der Waals surface area contributed by atoms with Crippen LogP contribution in [0.25, 0.3) is 0 Å². The van der Waals surface area contributed by atoms with E-state index in [4.69, 9.17) is 14.2 Å². The van der Waals surface area contributed by atoms with Gasteiger partial charge in [-0.05, 0) is 17.5 Å². The third-order valence-corrected chi connectivity index (χ3v) is 3.67. The fraction of sp³-hybridized carbons (Fsp3) is 0.381. The highest BCUT2D eigenvalue weighted by atomic mass is 16.7. The Kier molecular flexibility index (Phi) is 8.73. The number of hydrogen-bond acceptors (Lipinski definition) is 4. The molecule has 2 rings (SSSR count). The highest BCUT2D eigenvalue weighted by molar-refractivity contribution is 5.69. The van der Waals surface area contributed by atoms with Gasteiger partial charge in [0.2, 0.25) is 0 Å². The van der Waals surface area contributed by atoms with Crippen molar-refractivity contribution in [1.82, 2.24) is 0 Å². The molecule has 0 amide bonds. The van der Waals surface area contributed by atoms with Crippen molar-refractivity contribution >= 4 is 5.97 Å². The van der Waals surface area contributed by atoms with Crippen molar-refractivity contribution in [2.75, 3.05) is 6.61 Å². The van der Waals surface area contributed by atoms with Crippen LogP contribution in [0.3, 0.4) is 0 Å². The summed E-state index contributed by atoms with van der Waals surface area (Å²) >= 11 is 0. The predicted octanol–water partition coefficient (Wildman–Crippen LogP) is 4.48. The van der Waals surface area contributed by atoms with Gasteiger partial charge in [-0.15, -0.1) is 0 Å². The van der Waals surface area contributed by atoms with Gasteiger partial charge in [-0.3, -0.25) is 4.79 Å². The summed E-state index contributed by atoms with van der Waals surface area (Å²) in [6.45, 7) is 2.96. The molecule has 2 aromatic carbocycles. The van der Waals surface area contributed by atoms with Crippen molar-refractivity contribution in [2.24, 2.45) is 0 Å². The number of benzene rings is 2. The summed E-state index contributed by atoms with van der Waals surface area (Å²) in [6.07, 6.45) is 1.64. The molecule has 0 N–H and O–H groups in total. The van der Waals surface area contributed by atoms with Gasteiger partial charge in [0.25, 0.3) is 0 Å². The molecule has 4 heteroatoms. The molecule has 0 spiro atoms. The van der Waals surface area contributed by atoms with Crippen LogP contribution in [-0.4, -0.2) is 18.9 Å². The van der Waals surface area contributed by atoms with E-state index < -0.39 is 6.29 Å². The number of unbranched alkanes of at least 4 members (excludes halogenated alkanes) is 1. The molecule has 0 bridgehead atoms. The van der Waals surface area contributed by atoms with E-state index in [1.54, 1.807) is 0 Å². The smallest absolute Gasteiger partial charge is 0.305 e. The molecule has 0 unspecified atom stereocenters. The summed E-state index contributed by atoms with van der Waals surface area (Å²) in [5.74, 6) is -0.210. The van der Waals surface area contributed by atoms with Crippen LogP contribution in [0.2, 0.25) is 0 Å². The summed E-state index contributed by atoms with van der Waals surface area (Å²) in [5, 5.41) is 0. The summed E-state index contributed by atoms with van der Waals surface area (Å²) < 4.78 is 16.9. The molecular formula is C21H26O4. The maximum Gasteiger partial charge on any atom is 0.305 e. The van der Waals surface area contributed by atoms with Crippen LogP contribution in [0.4, 0.5) is 0 Å². The lowest BCUT2D eigenvalue weighted by Gasteiger charge is -2.19. The average molecular weight is 342 g/mol. The SMILES string of the molecule is CCCCC(=O)OCC(OCc1ccccc1)OCc1ccccc1. The second-order valence-corrected chi connectivity index (χ2v) is 5.81. The Labute approximate surface area is 149 Å². The molecule has 0 heterocycles. The van der Waals surface area contributed by atoms with Gasteiger partial charge in [0, 0.05) is 6.42 Å². The molecule has 0 radical (unpaired) electrons. The van der Waals surface area contributed by atoms with Crippen LogP contribution in [0.1, 0.15) is 37.3 Å². The molecule has 2 aromatic rings. The molecule has 0 saturated heterocycles. The fourth-order valence-corrected chi connectivity index (χ4v) is 2.23. The van der Waals surface area contributed by atoms with E-state index >= 15 is 0 Å². The lowest BCUT2D eigenvalue weighted by molar-refractivity contribution is -0.191. The minimum absolute atomic E-state index is 0.0994. The van der Waals surface area contributed by atoms with Gasteiger partial charge >= 0.3 is 5.97 Å². The number of ether oxygens (including phenoxy) is 3. The molecule has 134 valence electrons. The van der Waals surface area contributed by atoms with E-state index in [2.05, 4.69) is 0 Å². The van der Waals surface area contributed by atoms with E-state index in [0.717, 1.165) is 24.0 Å². The first-order valence-electron chi connectivity index (χ1n) is 8.74. The lowest BCUT2D eigenvalue weighted by atomic mass is 10.2. The van der Waals surface area contributed by atoms with Gasteiger partial charge in [-0.25, -0.2) is 0 Å². The minimum Gasteiger partial charge on any atom is -0.460 e. The highest BCUT2D eigenvalue weighted by Gasteiger charge is 2.13. The molecular weight excluding hydrogens is 316 g/mol. The van der Waals surface area contributed by atoms with Gasteiger partial charge in [-0.2, -0.15) is 0 Å². The van der Waals surface area contributed by atoms with Crippen LogP contribution < -0.4 is 0 Å². The summed E-state index contributed by atoms with van der Waals surface area (Å²) in [5.41, 5.74) is 2.10. The van der Waals surface area contributed by atoms with Crippen LogP contribution in [0.5, 0.6) is 0 Å². The van der Waals surface area contributed by atoms with Crippen molar-refractivity contribution in [3.8, 4) is 0 Å². The van der Waals surface area contributed by atoms with Crippen molar-refractivity contribution in [2.45, 2.75) is 45.7 Å². The first kappa shape index (κ1) is 19.2. The first-order valence-corrected chi connectivity index (χ1v) is 8.74. The normalized spacial score (nSPS) is 10.8. The second-order valence-electron chi connectivity index (χ2n) is 5.81. The Morgan fingerprint density at radius 2 is 1.40 bits per heavy atom. The zero-order valence-corrected chi connectivity index (χ0v) is 14.7. The van der Waals surface area contributed by atoms with Crippen LogP contribution in [-0.2, 0) is 32.2 Å². The lowest BCUT2D eigenvalue weighted by Crippen LogP contribution is -2.25. The Hall–Kier alpha value is -2.17. The van der Waals surface area contributed by atoms with Gasteiger partial charge in [0.05, 0.1) is 13.2 Å². The Balaban J connectivity index is 1.84. The first-order chi connectivity index (χ1) is 12.3. The number of rotatable bonds is 11. The van der Waals surface area contributed by atoms with Gasteiger partial charge in [-0.1, -0.05) is 74.0 Å². The zero-order valence-electron chi connectivity index (χ0n) is 14.7. The molecule has 0 fully saturated rings. The zero-order chi connectivity index (χ0) is 17.7. The third kappa shape index (κ3) is 7.96. The van der Waals surface area contributed by atoms with Crippen LogP contribution in [0.15, 0.2) is 60.7 Å². The van der Waals surface area contributed by atoms with E-state index in [9.17, 15) is 4.79 Å². The monoisotopic (exact) mass is 342 g/mol. The van der Waals surface area contributed by atoms with Crippen LogP contribution >= 0.6 is 0 Å². The third-order valence-electron chi connectivity index (χ3n) is 3.67. The molecule has 0 aromatic heterocycles. The standard InChI is InChI=1S/C21H26O4/c1-2-3-14-20(22)23-17-21(24-15-18-10-6-4-7-11-18)25-16-19-12-8-5-9-13-19/h4-13,21H,2-3,14-17H2,1H3. The van der Waals surface area contributed by atoms with Crippen molar-refractivity contribution in [3.05, 3.63) is 71.8 Å². The second kappa shape index (κ2) is 11.4. The Bertz CT molecular complexity index is 554. The maximum absolute atomic E-state index is 11.7. The molecule has 4 nitrogen and oxygen atoms in total. The Morgan fingerprint density at radius 1 is 0.880 bits per heavy atom. The van der Waals surface area contributed by atoms with Crippen molar-refractivity contribution < 1.29 is 19.0 Å². The molecule has 0 aliphatic rings. The average Bonchev–Trinajstić information content (AvgIpc) is 2.67. The number of carbonyl (C=O) groups excluding carboxylic acids is 1. The minimum atomic E-state index is -0.592. The number of esters is 1. The maximum atomic E-state index is 11.7. The van der Waals surface area contributed by atoms with Gasteiger partial charge < -0.3 is 14.2 Å². The molecule has 0 saturated carbocycles. The van der Waals surface area contributed by atoms with E-state index in [1.807, 2.05) is 67.6 Å². The fourth-order valence-electron chi connectivity index (χ4n) is 2.23. The molecule has 0 aliphatic carbocycles. The van der Waals surface area contributed by atoms with Crippen molar-refractivity contribution in [3.63, 3.8) is 0 Å². The van der Waals surface area contributed by atoms with Crippen LogP contribution in [0, 0.1) is 0 Å². The summed E-state index contributed by atoms with van der Waals surface area (Å²) in [6, 6.07) is 19.7. The largest absolute Gasteiger partial charge is 0.460 e. The highest BCUT2D eigenvalue weighted by Crippen LogP contribution is 2.09. The number of hydrogen-bond donors (Lipinski definition) is 0. The van der Waals surface area contributed by atoms with E-state index in [-0.39, 0.29) is 12.6 Å². The molecule has 0 atom stereocenters. The van der Waals surface area contributed by atoms with E-state index in [1.165, 1.54) is 0 Å². The van der Waals surface area contributed by atoms with Crippen molar-refractivity contribution in [1.29, 1.82) is 0 Å².